The third-order valence-electron chi connectivity index (χ3n) is 6.54. The summed E-state index contributed by atoms with van der Waals surface area (Å²) in [5, 5.41) is 0.661. The van der Waals surface area contributed by atoms with Crippen molar-refractivity contribution < 1.29 is 22.7 Å². The number of amides is 1. The molecule has 35 heavy (non-hydrogen) atoms. The molecule has 1 unspecified atom stereocenters. The number of nitrogens with one attached hydrogen (secondary N) is 1. The lowest BCUT2D eigenvalue weighted by molar-refractivity contribution is 0.00318. The normalized spacial score (nSPS) is 18.0. The van der Waals surface area contributed by atoms with Gasteiger partial charge in [-0.3, -0.25) is 14.4 Å². The van der Waals surface area contributed by atoms with E-state index in [2.05, 4.69) is 4.72 Å². The summed E-state index contributed by atoms with van der Waals surface area (Å²) >= 11 is 13.2. The van der Waals surface area contributed by atoms with Crippen molar-refractivity contribution in [3.8, 4) is 5.75 Å². The van der Waals surface area contributed by atoms with Crippen LogP contribution < -0.4 is 9.46 Å². The Morgan fingerprint density at radius 1 is 1.11 bits per heavy atom. The minimum Gasteiger partial charge on any atom is -0.493 e. The first-order valence-corrected chi connectivity index (χ1v) is 13.5. The van der Waals surface area contributed by atoms with Gasteiger partial charge in [0, 0.05) is 22.4 Å². The number of carbonyl (C=O) groups is 1. The molecule has 1 saturated heterocycles. The van der Waals surface area contributed by atoms with Crippen LogP contribution in [0.5, 0.6) is 5.75 Å². The van der Waals surface area contributed by atoms with Crippen molar-refractivity contribution in [2.75, 3.05) is 26.0 Å². The van der Waals surface area contributed by atoms with E-state index in [1.165, 1.54) is 24.3 Å². The van der Waals surface area contributed by atoms with E-state index < -0.39 is 24.2 Å². The molecule has 1 atom stereocenters. The predicted octanol–water partition coefficient (Wildman–Crippen LogP) is 7.11. The van der Waals surface area contributed by atoms with E-state index in [-0.39, 0.29) is 17.4 Å². The van der Waals surface area contributed by atoms with Gasteiger partial charge in [0.25, 0.3) is 12.3 Å². The number of carbonyl (C=O) groups excluding carboxylic acids is 1. The summed E-state index contributed by atoms with van der Waals surface area (Å²) in [7, 11) is 0. The van der Waals surface area contributed by atoms with Crippen LogP contribution in [0.25, 0.3) is 0 Å². The first-order valence-electron chi connectivity index (χ1n) is 11.5. The number of benzene rings is 2. The van der Waals surface area contributed by atoms with Crippen molar-refractivity contribution in [1.29, 1.82) is 0 Å². The molecular weight excluding hydrogens is 520 g/mol. The fourth-order valence-electron chi connectivity index (χ4n) is 4.60. The number of rotatable bonds is 9. The summed E-state index contributed by atoms with van der Waals surface area (Å²) < 4.78 is 51.2. The summed E-state index contributed by atoms with van der Waals surface area (Å²) in [4.78, 5) is 13.9. The van der Waals surface area contributed by atoms with Crippen molar-refractivity contribution in [3.05, 3.63) is 62.9 Å². The Morgan fingerprint density at radius 2 is 1.77 bits per heavy atom. The largest absolute Gasteiger partial charge is 0.493 e. The summed E-state index contributed by atoms with van der Waals surface area (Å²) in [6.07, 6.45) is 2.43. The van der Waals surface area contributed by atoms with Crippen molar-refractivity contribution in [2.24, 2.45) is 5.92 Å². The topological polar surface area (TPSA) is 41.6 Å². The Bertz CT molecular complexity index is 1040. The fraction of sp³-hybridized carbons (Fsp3) is 0.480. The number of ether oxygens (including phenoxy) is 1. The van der Waals surface area contributed by atoms with Gasteiger partial charge in [-0.1, -0.05) is 35.1 Å². The molecule has 2 aliphatic rings. The first kappa shape index (κ1) is 26.5. The third kappa shape index (κ3) is 6.59. The molecule has 1 N–H and O–H groups in total. The molecule has 0 aromatic heterocycles. The molecule has 0 bridgehead atoms. The molecule has 0 radical (unpaired) electrons. The van der Waals surface area contributed by atoms with E-state index in [4.69, 9.17) is 27.9 Å². The molecule has 1 saturated carbocycles. The van der Waals surface area contributed by atoms with Gasteiger partial charge in [0.2, 0.25) is 0 Å². The lowest BCUT2D eigenvalue weighted by atomic mass is 9.94. The number of hydrogen-bond acceptors (Lipinski definition) is 4. The zero-order valence-corrected chi connectivity index (χ0v) is 21.5. The second kappa shape index (κ2) is 11.6. The van der Waals surface area contributed by atoms with E-state index in [1.54, 1.807) is 17.2 Å². The van der Waals surface area contributed by atoms with Gasteiger partial charge in [-0.2, -0.15) is 0 Å². The van der Waals surface area contributed by atoms with Crippen LogP contribution in [-0.2, 0) is 0 Å². The van der Waals surface area contributed by atoms with Gasteiger partial charge in [0.05, 0.1) is 18.2 Å². The van der Waals surface area contributed by atoms with Crippen LogP contribution in [0.1, 0.15) is 59.1 Å². The van der Waals surface area contributed by atoms with Crippen molar-refractivity contribution in [3.63, 3.8) is 0 Å². The van der Waals surface area contributed by atoms with Gasteiger partial charge in [-0.25, -0.2) is 13.2 Å². The lowest BCUT2D eigenvalue weighted by Crippen LogP contribution is -2.40. The minimum atomic E-state index is -2.58. The maximum atomic E-state index is 14.6. The molecule has 2 aromatic carbocycles. The maximum Gasteiger partial charge on any atom is 0.264 e. The maximum absolute atomic E-state index is 14.6. The van der Waals surface area contributed by atoms with Crippen LogP contribution in [0.2, 0.25) is 10.0 Å². The molecule has 1 amide bonds. The molecule has 10 heteroatoms. The highest BCUT2D eigenvalue weighted by atomic mass is 35.5. The van der Waals surface area contributed by atoms with Crippen LogP contribution in [0, 0.1) is 11.7 Å². The van der Waals surface area contributed by atoms with E-state index in [0.29, 0.717) is 53.9 Å². The van der Waals surface area contributed by atoms with E-state index in [1.807, 2.05) is 0 Å². The molecule has 1 heterocycles. The Kier molecular flexibility index (Phi) is 8.79. The Balaban J connectivity index is 1.39. The van der Waals surface area contributed by atoms with Gasteiger partial charge >= 0.3 is 0 Å². The van der Waals surface area contributed by atoms with Gasteiger partial charge < -0.3 is 4.74 Å². The van der Waals surface area contributed by atoms with Crippen LogP contribution in [0.3, 0.4) is 0 Å². The molecule has 0 spiro atoms. The van der Waals surface area contributed by atoms with Gasteiger partial charge in [0.15, 0.2) is 0 Å². The average molecular weight is 547 g/mol. The number of alkyl halides is 2. The second-order valence-electron chi connectivity index (χ2n) is 9.05. The van der Waals surface area contributed by atoms with Crippen LogP contribution in [0.4, 0.5) is 13.2 Å². The van der Waals surface area contributed by atoms with E-state index >= 15 is 0 Å². The smallest absolute Gasteiger partial charge is 0.264 e. The molecule has 1 aliphatic heterocycles. The second-order valence-corrected chi connectivity index (χ2v) is 10.5. The predicted molar refractivity (Wildman–Crippen MR) is 134 cm³/mol. The Morgan fingerprint density at radius 3 is 2.34 bits per heavy atom. The number of nitrogens with zero attached hydrogens (tertiary/aromatic N) is 1. The zero-order valence-electron chi connectivity index (χ0n) is 19.2. The fourth-order valence-corrected chi connectivity index (χ4v) is 5.44. The summed E-state index contributed by atoms with van der Waals surface area (Å²) in [6, 6.07) is 6.42. The SMILES string of the molecule is CSNC(=O)c1cc(C2CC2)c(OCC2CCN(C(c3cc(Cl)cc(Cl)c3)C(F)F)CC2)cc1F. The molecule has 1 aliphatic carbocycles. The zero-order chi connectivity index (χ0) is 25.1. The lowest BCUT2D eigenvalue weighted by Gasteiger charge is -2.37. The molecule has 4 rings (SSSR count). The number of halogens is 5. The monoisotopic (exact) mass is 546 g/mol. The molecular formula is C25H27Cl2F3N2O2S. The number of piperidine rings is 1. The standard InChI is InChI=1S/C25H27Cl2F3N2O2S/c1-35-31-25(33)20-11-19(15-2-3-15)22(12-21(20)28)34-13-14-4-6-32(7-5-14)23(24(29)30)16-8-17(26)10-18(27)9-16/h8-12,14-15,23-24H,2-7,13H2,1H3,(H,31,33). The highest BCUT2D eigenvalue weighted by molar-refractivity contribution is 7.97. The number of hydrogen-bond donors (Lipinski definition) is 1. The Labute approximate surface area is 217 Å². The summed E-state index contributed by atoms with van der Waals surface area (Å²) in [5.74, 6) is -0.199. The van der Waals surface area contributed by atoms with Crippen LogP contribution >= 0.6 is 35.1 Å². The van der Waals surface area contributed by atoms with Crippen molar-refractivity contribution in [1.82, 2.24) is 9.62 Å². The van der Waals surface area contributed by atoms with Gasteiger partial charge in [0.1, 0.15) is 11.6 Å². The third-order valence-corrected chi connectivity index (χ3v) is 7.36. The highest BCUT2D eigenvalue weighted by Gasteiger charge is 2.34. The van der Waals surface area contributed by atoms with Gasteiger partial charge in [-0.05, 0) is 86.0 Å². The first-order chi connectivity index (χ1) is 16.8. The molecule has 190 valence electrons. The average Bonchev–Trinajstić information content (AvgIpc) is 3.63. The van der Waals surface area contributed by atoms with Crippen LogP contribution in [0.15, 0.2) is 30.3 Å². The summed E-state index contributed by atoms with van der Waals surface area (Å²) in [6.45, 7) is 1.32. The van der Waals surface area contributed by atoms with Crippen LogP contribution in [-0.4, -0.2) is 43.2 Å². The van der Waals surface area contributed by atoms with Crippen molar-refractivity contribution in [2.45, 2.75) is 44.1 Å². The quantitative estimate of drug-likeness (QED) is 0.340. The molecule has 2 fully saturated rings. The Hall–Kier alpha value is -1.61. The van der Waals surface area contributed by atoms with E-state index in [0.717, 1.165) is 30.4 Å². The molecule has 2 aromatic rings. The number of likely N-dealkylation sites (tertiary alicyclic amines) is 1. The van der Waals surface area contributed by atoms with Crippen molar-refractivity contribution >= 4 is 41.1 Å². The molecule has 4 nitrogen and oxygen atoms in total. The highest BCUT2D eigenvalue weighted by Crippen LogP contribution is 2.45. The van der Waals surface area contributed by atoms with E-state index in [9.17, 15) is 18.0 Å². The summed E-state index contributed by atoms with van der Waals surface area (Å²) in [5.41, 5.74) is 1.27. The van der Waals surface area contributed by atoms with Gasteiger partial charge in [-0.15, -0.1) is 0 Å². The minimum absolute atomic E-state index is 0.0149.